The van der Waals surface area contributed by atoms with E-state index in [2.05, 4.69) is 0 Å². The van der Waals surface area contributed by atoms with Gasteiger partial charge in [-0.25, -0.2) is 0 Å². The van der Waals surface area contributed by atoms with E-state index < -0.39 is 0 Å². The third kappa shape index (κ3) is 3.91. The molecular weight excluding hydrogens is 260 g/mol. The van der Waals surface area contributed by atoms with Crippen LogP contribution in [0.1, 0.15) is 17.3 Å². The van der Waals surface area contributed by atoms with E-state index in [0.29, 0.717) is 5.56 Å². The zero-order chi connectivity index (χ0) is 15.1. The number of rotatable bonds is 2. The van der Waals surface area contributed by atoms with E-state index in [1.807, 2.05) is 0 Å². The van der Waals surface area contributed by atoms with Gasteiger partial charge in [-0.05, 0) is 31.2 Å². The molecule has 106 valence electrons. The summed E-state index contributed by atoms with van der Waals surface area (Å²) in [5.41, 5.74) is 0.400. The minimum Gasteiger partial charge on any atom is -0.504 e. The molecule has 2 aromatic rings. The van der Waals surface area contributed by atoms with Gasteiger partial charge in [-0.3, -0.25) is 4.79 Å². The minimum atomic E-state index is -0.122. The number of ketones is 1. The molecule has 5 heteroatoms. The van der Waals surface area contributed by atoms with Crippen LogP contribution in [-0.2, 0) is 0 Å². The second-order valence-corrected chi connectivity index (χ2v) is 3.90. The highest BCUT2D eigenvalue weighted by Gasteiger charge is 2.10. The molecule has 0 atom stereocenters. The van der Waals surface area contributed by atoms with Crippen LogP contribution >= 0.6 is 0 Å². The summed E-state index contributed by atoms with van der Waals surface area (Å²) in [6, 6.07) is 10.8. The van der Waals surface area contributed by atoms with Crippen molar-refractivity contribution in [2.24, 2.45) is 0 Å². The standard InChI is InChI=1S/C9H10O3.C6H6O2/c1-6(10)7-4-3-5-8(11)9(7)12-2;7-5-3-1-2-4-6(5)8/h3-5,11H,1-2H3;1-4,7-8H. The average Bonchev–Trinajstić information content (AvgIpc) is 2.42. The Morgan fingerprint density at radius 2 is 1.40 bits per heavy atom. The molecule has 0 radical (unpaired) electrons. The number of carbonyl (C=O) groups excluding carboxylic acids is 1. The van der Waals surface area contributed by atoms with Crippen LogP contribution in [0.15, 0.2) is 42.5 Å². The van der Waals surface area contributed by atoms with E-state index in [9.17, 15) is 9.90 Å². The number of Topliss-reactive ketones (excluding diaryl/α,β-unsaturated/α-hetero) is 1. The highest BCUT2D eigenvalue weighted by Crippen LogP contribution is 2.29. The second kappa shape index (κ2) is 7.04. The van der Waals surface area contributed by atoms with E-state index in [4.69, 9.17) is 14.9 Å². The summed E-state index contributed by atoms with van der Waals surface area (Å²) in [5, 5.41) is 26.6. The number of phenols is 3. The Morgan fingerprint density at radius 1 is 0.900 bits per heavy atom. The Hall–Kier alpha value is -2.69. The number of carbonyl (C=O) groups is 1. The molecule has 5 nitrogen and oxygen atoms in total. The molecule has 0 aromatic heterocycles. The number of methoxy groups -OCH3 is 1. The summed E-state index contributed by atoms with van der Waals surface area (Å²) < 4.78 is 4.87. The molecule has 0 bridgehead atoms. The molecule has 0 amide bonds. The van der Waals surface area contributed by atoms with Gasteiger partial charge in [0.2, 0.25) is 0 Å². The number of aromatic hydroxyl groups is 3. The predicted molar refractivity (Wildman–Crippen MR) is 74.4 cm³/mol. The third-order valence-electron chi connectivity index (χ3n) is 2.46. The van der Waals surface area contributed by atoms with Crippen LogP contribution < -0.4 is 4.74 Å². The molecule has 0 saturated carbocycles. The van der Waals surface area contributed by atoms with Crippen molar-refractivity contribution in [2.75, 3.05) is 7.11 Å². The molecule has 0 heterocycles. The Kier molecular flexibility index (Phi) is 5.41. The van der Waals surface area contributed by atoms with Gasteiger partial charge in [-0.15, -0.1) is 0 Å². The van der Waals surface area contributed by atoms with Gasteiger partial charge in [0.05, 0.1) is 12.7 Å². The molecule has 0 aliphatic heterocycles. The fraction of sp³-hybridized carbons (Fsp3) is 0.133. The number of phenolic OH excluding ortho intramolecular Hbond substituents is 3. The van der Waals surface area contributed by atoms with Gasteiger partial charge in [0.15, 0.2) is 28.8 Å². The van der Waals surface area contributed by atoms with E-state index in [-0.39, 0.29) is 28.8 Å². The van der Waals surface area contributed by atoms with Crippen molar-refractivity contribution in [2.45, 2.75) is 6.92 Å². The molecule has 0 saturated heterocycles. The largest absolute Gasteiger partial charge is 0.504 e. The van der Waals surface area contributed by atoms with E-state index in [0.717, 1.165) is 0 Å². The van der Waals surface area contributed by atoms with E-state index in [1.165, 1.54) is 32.2 Å². The first-order valence-electron chi connectivity index (χ1n) is 5.81. The number of hydrogen-bond donors (Lipinski definition) is 3. The lowest BCUT2D eigenvalue weighted by Crippen LogP contribution is -1.96. The molecular formula is C15H16O5. The maximum Gasteiger partial charge on any atom is 0.171 e. The van der Waals surface area contributed by atoms with Crippen molar-refractivity contribution in [1.29, 1.82) is 0 Å². The van der Waals surface area contributed by atoms with Gasteiger partial charge in [-0.1, -0.05) is 18.2 Å². The third-order valence-corrected chi connectivity index (χ3v) is 2.46. The lowest BCUT2D eigenvalue weighted by Gasteiger charge is -2.06. The summed E-state index contributed by atoms with van der Waals surface area (Å²) >= 11 is 0. The van der Waals surface area contributed by atoms with Gasteiger partial charge in [0.1, 0.15) is 0 Å². The molecule has 0 spiro atoms. The van der Waals surface area contributed by atoms with Gasteiger partial charge in [-0.2, -0.15) is 0 Å². The van der Waals surface area contributed by atoms with Crippen molar-refractivity contribution in [3.63, 3.8) is 0 Å². The Labute approximate surface area is 116 Å². The molecule has 0 aliphatic carbocycles. The summed E-state index contributed by atoms with van der Waals surface area (Å²) in [6.07, 6.45) is 0. The number of benzene rings is 2. The molecule has 2 rings (SSSR count). The van der Waals surface area contributed by atoms with Crippen LogP contribution in [0.5, 0.6) is 23.0 Å². The van der Waals surface area contributed by atoms with Crippen LogP contribution in [0.3, 0.4) is 0 Å². The second-order valence-electron chi connectivity index (χ2n) is 3.90. The number of ether oxygens (including phenoxy) is 1. The van der Waals surface area contributed by atoms with Crippen molar-refractivity contribution >= 4 is 5.78 Å². The topological polar surface area (TPSA) is 87.0 Å². The minimum absolute atomic E-state index is 0.00907. The summed E-state index contributed by atoms with van der Waals surface area (Å²) in [4.78, 5) is 11.0. The van der Waals surface area contributed by atoms with Crippen molar-refractivity contribution < 1.29 is 24.9 Å². The van der Waals surface area contributed by atoms with Crippen LogP contribution in [0.2, 0.25) is 0 Å². The highest BCUT2D eigenvalue weighted by molar-refractivity contribution is 5.97. The highest BCUT2D eigenvalue weighted by atomic mass is 16.5. The zero-order valence-electron chi connectivity index (χ0n) is 11.2. The van der Waals surface area contributed by atoms with Gasteiger partial charge >= 0.3 is 0 Å². The van der Waals surface area contributed by atoms with E-state index in [1.54, 1.807) is 24.3 Å². The van der Waals surface area contributed by atoms with Crippen molar-refractivity contribution in [3.05, 3.63) is 48.0 Å². The first-order chi connectivity index (χ1) is 9.47. The molecule has 3 N–H and O–H groups in total. The van der Waals surface area contributed by atoms with Gasteiger partial charge in [0.25, 0.3) is 0 Å². The fourth-order valence-electron chi connectivity index (χ4n) is 1.48. The molecule has 2 aromatic carbocycles. The first-order valence-corrected chi connectivity index (χ1v) is 5.81. The van der Waals surface area contributed by atoms with Crippen LogP contribution in [0.4, 0.5) is 0 Å². The Morgan fingerprint density at radius 3 is 1.75 bits per heavy atom. The lowest BCUT2D eigenvalue weighted by atomic mass is 10.1. The monoisotopic (exact) mass is 276 g/mol. The summed E-state index contributed by atoms with van der Waals surface area (Å²) in [5.74, 6) is -0.0436. The Balaban J connectivity index is 0.000000217. The van der Waals surface area contributed by atoms with Crippen LogP contribution in [0, 0.1) is 0 Å². The lowest BCUT2D eigenvalue weighted by molar-refractivity contribution is 0.101. The summed E-state index contributed by atoms with van der Waals surface area (Å²) in [6.45, 7) is 1.43. The van der Waals surface area contributed by atoms with Gasteiger partial charge in [0, 0.05) is 0 Å². The molecule has 0 fully saturated rings. The molecule has 0 unspecified atom stereocenters. The first kappa shape index (κ1) is 15.4. The Bertz CT molecular complexity index is 572. The van der Waals surface area contributed by atoms with E-state index >= 15 is 0 Å². The van der Waals surface area contributed by atoms with Crippen LogP contribution in [0.25, 0.3) is 0 Å². The summed E-state index contributed by atoms with van der Waals surface area (Å²) in [7, 11) is 1.42. The smallest absolute Gasteiger partial charge is 0.171 e. The molecule has 0 aliphatic rings. The maximum atomic E-state index is 11.0. The predicted octanol–water partition coefficient (Wildman–Crippen LogP) is 2.70. The maximum absolute atomic E-state index is 11.0. The number of hydrogen-bond acceptors (Lipinski definition) is 5. The number of para-hydroxylation sites is 3. The SMILES string of the molecule is COc1c(O)cccc1C(C)=O.Oc1ccccc1O. The van der Waals surface area contributed by atoms with Gasteiger partial charge < -0.3 is 20.1 Å². The normalized spacial score (nSPS) is 9.30. The average molecular weight is 276 g/mol. The zero-order valence-corrected chi connectivity index (χ0v) is 11.2. The van der Waals surface area contributed by atoms with Crippen molar-refractivity contribution in [3.8, 4) is 23.0 Å². The molecule has 20 heavy (non-hydrogen) atoms. The quantitative estimate of drug-likeness (QED) is 0.580. The van der Waals surface area contributed by atoms with Crippen LogP contribution in [-0.4, -0.2) is 28.2 Å². The fourth-order valence-corrected chi connectivity index (χ4v) is 1.48. The van der Waals surface area contributed by atoms with Crippen molar-refractivity contribution in [1.82, 2.24) is 0 Å².